The fourth-order valence-corrected chi connectivity index (χ4v) is 2.14. The molecular formula is C14H24O4. The molecular weight excluding hydrogens is 232 g/mol. The number of unbranched alkanes of at least 4 members (excludes halogenated alkanes) is 3. The predicted octanol–water partition coefficient (Wildman–Crippen LogP) is 2.99. The standard InChI is InChI=1S/C14H24O4/c1-2-3-4-8-11-17-13(15)14(16)18-12-9-6-5-7-10-12/h12H,2-11H2,1H3. The topological polar surface area (TPSA) is 52.6 Å². The molecule has 0 bridgehead atoms. The van der Waals surface area contributed by atoms with Gasteiger partial charge in [0.05, 0.1) is 6.61 Å². The SMILES string of the molecule is CCCCCCOC(=O)C(=O)OC1CCCCC1. The number of hydrogen-bond donors (Lipinski definition) is 0. The molecule has 1 saturated carbocycles. The number of rotatable bonds is 6. The van der Waals surface area contributed by atoms with E-state index in [0.717, 1.165) is 51.4 Å². The highest BCUT2D eigenvalue weighted by Gasteiger charge is 2.23. The van der Waals surface area contributed by atoms with Crippen LogP contribution >= 0.6 is 0 Å². The largest absolute Gasteiger partial charge is 0.457 e. The molecule has 1 rings (SSSR count). The van der Waals surface area contributed by atoms with E-state index in [4.69, 9.17) is 9.47 Å². The van der Waals surface area contributed by atoms with Gasteiger partial charge in [0.2, 0.25) is 0 Å². The van der Waals surface area contributed by atoms with Crippen molar-refractivity contribution in [2.75, 3.05) is 6.61 Å². The van der Waals surface area contributed by atoms with E-state index in [2.05, 4.69) is 6.92 Å². The number of carbonyl (C=O) groups is 2. The highest BCUT2D eigenvalue weighted by Crippen LogP contribution is 2.20. The third kappa shape index (κ3) is 6.03. The first-order valence-electron chi connectivity index (χ1n) is 7.11. The molecule has 0 aliphatic heterocycles. The summed E-state index contributed by atoms with van der Waals surface area (Å²) in [7, 11) is 0. The Labute approximate surface area is 109 Å². The minimum atomic E-state index is -0.836. The molecule has 0 spiro atoms. The molecule has 0 N–H and O–H groups in total. The molecule has 0 saturated heterocycles. The summed E-state index contributed by atoms with van der Waals surface area (Å²) in [6, 6.07) is 0. The Morgan fingerprint density at radius 1 is 1.00 bits per heavy atom. The molecule has 0 radical (unpaired) electrons. The van der Waals surface area contributed by atoms with Crippen molar-refractivity contribution in [1.29, 1.82) is 0 Å². The maximum absolute atomic E-state index is 11.4. The second kappa shape index (κ2) is 8.95. The molecule has 0 aromatic heterocycles. The minimum Gasteiger partial charge on any atom is -0.457 e. The van der Waals surface area contributed by atoms with Crippen molar-refractivity contribution >= 4 is 11.9 Å². The second-order valence-corrected chi connectivity index (χ2v) is 4.86. The Morgan fingerprint density at radius 3 is 2.39 bits per heavy atom. The zero-order valence-electron chi connectivity index (χ0n) is 11.3. The summed E-state index contributed by atoms with van der Waals surface area (Å²) < 4.78 is 10.00. The number of hydrogen-bond acceptors (Lipinski definition) is 4. The summed E-state index contributed by atoms with van der Waals surface area (Å²) in [4.78, 5) is 22.8. The summed E-state index contributed by atoms with van der Waals surface area (Å²) in [5.41, 5.74) is 0. The van der Waals surface area contributed by atoms with E-state index in [1.54, 1.807) is 0 Å². The number of ether oxygens (including phenoxy) is 2. The lowest BCUT2D eigenvalue weighted by Gasteiger charge is -2.21. The van der Waals surface area contributed by atoms with Crippen LogP contribution in [0.2, 0.25) is 0 Å². The zero-order valence-corrected chi connectivity index (χ0v) is 11.3. The predicted molar refractivity (Wildman–Crippen MR) is 68.1 cm³/mol. The lowest BCUT2D eigenvalue weighted by atomic mass is 9.98. The molecule has 0 atom stereocenters. The second-order valence-electron chi connectivity index (χ2n) is 4.86. The van der Waals surface area contributed by atoms with Crippen molar-refractivity contribution in [2.24, 2.45) is 0 Å². The van der Waals surface area contributed by atoms with Gasteiger partial charge in [0.25, 0.3) is 0 Å². The first-order valence-corrected chi connectivity index (χ1v) is 7.11. The Morgan fingerprint density at radius 2 is 1.72 bits per heavy atom. The molecule has 0 aromatic rings. The third-order valence-electron chi connectivity index (χ3n) is 3.22. The molecule has 18 heavy (non-hydrogen) atoms. The van der Waals surface area contributed by atoms with Gasteiger partial charge in [-0.05, 0) is 32.1 Å². The summed E-state index contributed by atoms with van der Waals surface area (Å²) in [6.45, 7) is 2.44. The van der Waals surface area contributed by atoms with Gasteiger partial charge in [-0.3, -0.25) is 0 Å². The fraction of sp³-hybridized carbons (Fsp3) is 0.857. The van der Waals surface area contributed by atoms with Crippen LogP contribution in [0.3, 0.4) is 0 Å². The van der Waals surface area contributed by atoms with Crippen LogP contribution in [0.5, 0.6) is 0 Å². The molecule has 4 heteroatoms. The summed E-state index contributed by atoms with van der Waals surface area (Å²) in [5, 5.41) is 0. The zero-order chi connectivity index (χ0) is 13.2. The van der Waals surface area contributed by atoms with Crippen molar-refractivity contribution in [3.63, 3.8) is 0 Å². The van der Waals surface area contributed by atoms with Crippen LogP contribution < -0.4 is 0 Å². The normalized spacial score (nSPS) is 16.3. The first kappa shape index (κ1) is 15.0. The quantitative estimate of drug-likeness (QED) is 0.416. The van der Waals surface area contributed by atoms with Gasteiger partial charge in [0, 0.05) is 0 Å². The van der Waals surface area contributed by atoms with Crippen molar-refractivity contribution in [3.05, 3.63) is 0 Å². The van der Waals surface area contributed by atoms with Crippen LogP contribution in [0.15, 0.2) is 0 Å². The van der Waals surface area contributed by atoms with Crippen LogP contribution in [0.1, 0.15) is 64.7 Å². The van der Waals surface area contributed by atoms with Crippen molar-refractivity contribution < 1.29 is 19.1 Å². The minimum absolute atomic E-state index is 0.0844. The van der Waals surface area contributed by atoms with Crippen molar-refractivity contribution in [2.45, 2.75) is 70.8 Å². The molecule has 0 aromatic carbocycles. The molecule has 0 unspecified atom stereocenters. The Balaban J connectivity index is 2.10. The van der Waals surface area contributed by atoms with Crippen molar-refractivity contribution in [3.8, 4) is 0 Å². The lowest BCUT2D eigenvalue weighted by molar-refractivity contribution is -0.171. The molecule has 4 nitrogen and oxygen atoms in total. The van der Waals surface area contributed by atoms with Crippen LogP contribution in [-0.2, 0) is 19.1 Å². The molecule has 104 valence electrons. The average Bonchev–Trinajstić information content (AvgIpc) is 2.39. The van der Waals surface area contributed by atoms with Crippen LogP contribution in [-0.4, -0.2) is 24.6 Å². The van der Waals surface area contributed by atoms with E-state index >= 15 is 0 Å². The van der Waals surface area contributed by atoms with Gasteiger partial charge in [0.1, 0.15) is 6.10 Å². The van der Waals surface area contributed by atoms with Crippen molar-refractivity contribution in [1.82, 2.24) is 0 Å². The molecule has 0 heterocycles. The lowest BCUT2D eigenvalue weighted by Crippen LogP contribution is -2.27. The van der Waals surface area contributed by atoms with E-state index in [1.807, 2.05) is 0 Å². The van der Waals surface area contributed by atoms with E-state index < -0.39 is 11.9 Å². The van der Waals surface area contributed by atoms with Crippen LogP contribution in [0.25, 0.3) is 0 Å². The molecule has 1 aliphatic carbocycles. The first-order chi connectivity index (χ1) is 8.74. The van der Waals surface area contributed by atoms with Gasteiger partial charge >= 0.3 is 11.9 Å². The van der Waals surface area contributed by atoms with Crippen LogP contribution in [0, 0.1) is 0 Å². The maximum Gasteiger partial charge on any atom is 0.417 e. The van der Waals surface area contributed by atoms with Gasteiger partial charge in [-0.25, -0.2) is 9.59 Å². The van der Waals surface area contributed by atoms with Gasteiger partial charge in [-0.1, -0.05) is 32.6 Å². The van der Waals surface area contributed by atoms with E-state index in [-0.39, 0.29) is 6.10 Å². The Bertz CT molecular complexity index is 257. The summed E-state index contributed by atoms with van der Waals surface area (Å²) in [6.07, 6.45) is 9.10. The Hall–Kier alpha value is -1.06. The summed E-state index contributed by atoms with van der Waals surface area (Å²) in [5.74, 6) is -1.66. The molecule has 1 fully saturated rings. The Kier molecular flexibility index (Phi) is 7.46. The third-order valence-corrected chi connectivity index (χ3v) is 3.22. The maximum atomic E-state index is 11.4. The highest BCUT2D eigenvalue weighted by molar-refractivity contribution is 6.29. The highest BCUT2D eigenvalue weighted by atomic mass is 16.6. The summed E-state index contributed by atoms with van der Waals surface area (Å²) >= 11 is 0. The number of esters is 2. The molecule has 1 aliphatic rings. The monoisotopic (exact) mass is 256 g/mol. The van der Waals surface area contributed by atoms with Gasteiger partial charge in [0.15, 0.2) is 0 Å². The van der Waals surface area contributed by atoms with E-state index in [9.17, 15) is 9.59 Å². The van der Waals surface area contributed by atoms with E-state index in [1.165, 1.54) is 6.42 Å². The van der Waals surface area contributed by atoms with Gasteiger partial charge < -0.3 is 9.47 Å². The van der Waals surface area contributed by atoms with Gasteiger partial charge in [-0.2, -0.15) is 0 Å². The van der Waals surface area contributed by atoms with E-state index in [0.29, 0.717) is 6.61 Å². The molecule has 0 amide bonds. The van der Waals surface area contributed by atoms with Crippen LogP contribution in [0.4, 0.5) is 0 Å². The number of carbonyl (C=O) groups excluding carboxylic acids is 2. The fourth-order valence-electron chi connectivity index (χ4n) is 2.14. The average molecular weight is 256 g/mol. The van der Waals surface area contributed by atoms with Gasteiger partial charge in [-0.15, -0.1) is 0 Å². The smallest absolute Gasteiger partial charge is 0.417 e.